The van der Waals surface area contributed by atoms with Crippen LogP contribution in [0, 0.1) is 5.82 Å². The molecular formula is C17H11ClFN3O. The van der Waals surface area contributed by atoms with Crippen molar-refractivity contribution < 1.29 is 9.18 Å². The molecule has 0 atom stereocenters. The molecule has 4 nitrogen and oxygen atoms in total. The molecule has 0 saturated heterocycles. The molecule has 23 heavy (non-hydrogen) atoms. The van der Waals surface area contributed by atoms with Crippen molar-refractivity contribution >= 4 is 23.2 Å². The van der Waals surface area contributed by atoms with Crippen LogP contribution in [-0.2, 0) is 0 Å². The van der Waals surface area contributed by atoms with Gasteiger partial charge in [0.1, 0.15) is 5.82 Å². The van der Waals surface area contributed by atoms with E-state index in [0.717, 1.165) is 5.56 Å². The van der Waals surface area contributed by atoms with Crippen molar-refractivity contribution in [1.82, 2.24) is 9.97 Å². The van der Waals surface area contributed by atoms with Gasteiger partial charge in [-0.05, 0) is 24.3 Å². The first-order valence-corrected chi connectivity index (χ1v) is 7.15. The highest BCUT2D eigenvalue weighted by Gasteiger charge is 2.11. The second kappa shape index (κ2) is 6.54. The second-order valence-electron chi connectivity index (χ2n) is 4.74. The minimum Gasteiger partial charge on any atom is -0.319 e. The van der Waals surface area contributed by atoms with Crippen LogP contribution in [0.4, 0.5) is 10.1 Å². The number of halogens is 2. The number of hydrogen-bond acceptors (Lipinski definition) is 3. The fourth-order valence-corrected chi connectivity index (χ4v) is 2.20. The number of carbonyl (C=O) groups is 1. The summed E-state index contributed by atoms with van der Waals surface area (Å²) in [6, 6.07) is 12.9. The summed E-state index contributed by atoms with van der Waals surface area (Å²) in [5.74, 6) is -0.653. The molecule has 114 valence electrons. The van der Waals surface area contributed by atoms with Crippen LogP contribution in [0.3, 0.4) is 0 Å². The number of rotatable bonds is 3. The van der Waals surface area contributed by atoms with Gasteiger partial charge in [0.2, 0.25) is 0 Å². The molecule has 0 saturated carbocycles. The van der Waals surface area contributed by atoms with Crippen molar-refractivity contribution in [1.29, 1.82) is 0 Å². The standard InChI is InChI=1S/C17H11ClFN3O/c18-12-5-3-4-11(8-12)16-20-9-13(10-21-16)22-17(23)14-6-1-2-7-15(14)19/h1-10H,(H,22,23). The van der Waals surface area contributed by atoms with Crippen molar-refractivity contribution in [2.24, 2.45) is 0 Å². The first kappa shape index (κ1) is 15.1. The number of hydrogen-bond donors (Lipinski definition) is 1. The molecule has 1 heterocycles. The van der Waals surface area contributed by atoms with E-state index >= 15 is 0 Å². The topological polar surface area (TPSA) is 54.9 Å². The van der Waals surface area contributed by atoms with Gasteiger partial charge in [0.05, 0.1) is 23.6 Å². The maximum atomic E-state index is 13.6. The van der Waals surface area contributed by atoms with Crippen LogP contribution in [0.2, 0.25) is 5.02 Å². The molecular weight excluding hydrogens is 317 g/mol. The van der Waals surface area contributed by atoms with Crippen molar-refractivity contribution in [3.63, 3.8) is 0 Å². The quantitative estimate of drug-likeness (QED) is 0.784. The zero-order chi connectivity index (χ0) is 16.2. The van der Waals surface area contributed by atoms with E-state index < -0.39 is 11.7 Å². The van der Waals surface area contributed by atoms with E-state index in [-0.39, 0.29) is 5.56 Å². The smallest absolute Gasteiger partial charge is 0.258 e. The third kappa shape index (κ3) is 3.52. The van der Waals surface area contributed by atoms with E-state index in [9.17, 15) is 9.18 Å². The van der Waals surface area contributed by atoms with Gasteiger partial charge >= 0.3 is 0 Å². The first-order chi connectivity index (χ1) is 11.1. The highest BCUT2D eigenvalue weighted by molar-refractivity contribution is 6.30. The predicted octanol–water partition coefficient (Wildman–Crippen LogP) is 4.19. The Bertz CT molecular complexity index is 852. The van der Waals surface area contributed by atoms with Gasteiger partial charge < -0.3 is 5.32 Å². The number of aromatic nitrogens is 2. The molecule has 0 fully saturated rings. The van der Waals surface area contributed by atoms with Gasteiger partial charge in [-0.25, -0.2) is 14.4 Å². The van der Waals surface area contributed by atoms with E-state index in [1.807, 2.05) is 6.07 Å². The summed E-state index contributed by atoms with van der Waals surface area (Å²) in [6.45, 7) is 0. The van der Waals surface area contributed by atoms with E-state index in [1.165, 1.54) is 30.6 Å². The highest BCUT2D eigenvalue weighted by atomic mass is 35.5. The molecule has 1 aromatic heterocycles. The number of nitrogens with one attached hydrogen (secondary N) is 1. The lowest BCUT2D eigenvalue weighted by molar-refractivity contribution is 0.102. The number of amides is 1. The first-order valence-electron chi connectivity index (χ1n) is 6.77. The van der Waals surface area contributed by atoms with Gasteiger partial charge in [0.25, 0.3) is 5.91 Å². The average molecular weight is 328 g/mol. The van der Waals surface area contributed by atoms with Gasteiger partial charge in [-0.1, -0.05) is 35.9 Å². The fraction of sp³-hybridized carbons (Fsp3) is 0. The molecule has 1 amide bonds. The summed E-state index contributed by atoms with van der Waals surface area (Å²) < 4.78 is 13.6. The Morgan fingerprint density at radius 2 is 1.78 bits per heavy atom. The van der Waals surface area contributed by atoms with Crippen LogP contribution < -0.4 is 5.32 Å². The van der Waals surface area contributed by atoms with E-state index in [2.05, 4.69) is 15.3 Å². The molecule has 0 unspecified atom stereocenters. The maximum absolute atomic E-state index is 13.6. The molecule has 0 aliphatic heterocycles. The molecule has 0 spiro atoms. The molecule has 0 aliphatic carbocycles. The lowest BCUT2D eigenvalue weighted by Crippen LogP contribution is -2.14. The Balaban J connectivity index is 1.78. The Morgan fingerprint density at radius 3 is 2.48 bits per heavy atom. The molecule has 0 bridgehead atoms. The second-order valence-corrected chi connectivity index (χ2v) is 5.18. The zero-order valence-electron chi connectivity index (χ0n) is 11.8. The summed E-state index contributed by atoms with van der Waals surface area (Å²) >= 11 is 5.93. The minimum atomic E-state index is -0.582. The molecule has 2 aromatic carbocycles. The number of nitrogens with zero attached hydrogens (tertiary/aromatic N) is 2. The van der Waals surface area contributed by atoms with Gasteiger partial charge in [-0.2, -0.15) is 0 Å². The van der Waals surface area contributed by atoms with Crippen molar-refractivity contribution in [2.75, 3.05) is 5.32 Å². The maximum Gasteiger partial charge on any atom is 0.258 e. The van der Waals surface area contributed by atoms with Crippen LogP contribution >= 0.6 is 11.6 Å². The summed E-state index contributed by atoms with van der Waals surface area (Å²) in [4.78, 5) is 20.4. The summed E-state index contributed by atoms with van der Waals surface area (Å²) in [6.07, 6.45) is 2.92. The third-order valence-corrected chi connectivity index (χ3v) is 3.35. The number of carbonyl (C=O) groups excluding carboxylic acids is 1. The lowest BCUT2D eigenvalue weighted by atomic mass is 10.2. The number of anilines is 1. The van der Waals surface area contributed by atoms with Gasteiger partial charge in [-0.15, -0.1) is 0 Å². The average Bonchev–Trinajstić information content (AvgIpc) is 2.56. The Morgan fingerprint density at radius 1 is 1.04 bits per heavy atom. The van der Waals surface area contributed by atoms with Crippen LogP contribution in [0.25, 0.3) is 11.4 Å². The largest absolute Gasteiger partial charge is 0.319 e. The van der Waals surface area contributed by atoms with Crippen LogP contribution in [0.15, 0.2) is 60.9 Å². The normalized spacial score (nSPS) is 10.3. The Hall–Kier alpha value is -2.79. The molecule has 1 N–H and O–H groups in total. The van der Waals surface area contributed by atoms with Crippen LogP contribution in [0.1, 0.15) is 10.4 Å². The molecule has 0 radical (unpaired) electrons. The Labute approximate surface area is 137 Å². The third-order valence-electron chi connectivity index (χ3n) is 3.11. The molecule has 0 aliphatic rings. The highest BCUT2D eigenvalue weighted by Crippen LogP contribution is 2.20. The van der Waals surface area contributed by atoms with Gasteiger partial charge in [0.15, 0.2) is 5.82 Å². The van der Waals surface area contributed by atoms with Gasteiger partial charge in [-0.3, -0.25) is 4.79 Å². The van der Waals surface area contributed by atoms with Crippen molar-refractivity contribution in [3.8, 4) is 11.4 Å². The van der Waals surface area contributed by atoms with Crippen LogP contribution in [0.5, 0.6) is 0 Å². The van der Waals surface area contributed by atoms with E-state index in [1.54, 1.807) is 24.3 Å². The lowest BCUT2D eigenvalue weighted by Gasteiger charge is -2.06. The summed E-state index contributed by atoms with van der Waals surface area (Å²) in [5, 5.41) is 3.15. The van der Waals surface area contributed by atoms with Crippen molar-refractivity contribution in [3.05, 3.63) is 77.3 Å². The van der Waals surface area contributed by atoms with Crippen LogP contribution in [-0.4, -0.2) is 15.9 Å². The SMILES string of the molecule is O=C(Nc1cnc(-c2cccc(Cl)c2)nc1)c1ccccc1F. The minimum absolute atomic E-state index is 0.0357. The van der Waals surface area contributed by atoms with E-state index in [0.29, 0.717) is 16.5 Å². The zero-order valence-corrected chi connectivity index (χ0v) is 12.6. The monoisotopic (exact) mass is 327 g/mol. The van der Waals surface area contributed by atoms with E-state index in [4.69, 9.17) is 11.6 Å². The molecule has 3 aromatic rings. The fourth-order valence-electron chi connectivity index (χ4n) is 2.01. The Kier molecular flexibility index (Phi) is 4.30. The predicted molar refractivity (Wildman–Crippen MR) is 86.8 cm³/mol. The van der Waals surface area contributed by atoms with Gasteiger partial charge in [0, 0.05) is 10.6 Å². The summed E-state index contributed by atoms with van der Waals surface area (Å²) in [5.41, 5.74) is 1.11. The van der Waals surface area contributed by atoms with Crippen molar-refractivity contribution in [2.45, 2.75) is 0 Å². The molecule has 3 rings (SSSR count). The molecule has 6 heteroatoms. The number of benzene rings is 2. The summed E-state index contributed by atoms with van der Waals surface area (Å²) in [7, 11) is 0.